The maximum absolute atomic E-state index is 13.2. The Bertz CT molecular complexity index is 1370. The van der Waals surface area contributed by atoms with Gasteiger partial charge in [-0.05, 0) is 71.0 Å². The number of pyridine rings is 1. The Morgan fingerprint density at radius 1 is 0.909 bits per heavy atom. The fourth-order valence-electron chi connectivity index (χ4n) is 3.89. The lowest BCUT2D eigenvalue weighted by Gasteiger charge is -2.20. The van der Waals surface area contributed by atoms with Crippen LogP contribution in [-0.4, -0.2) is 22.0 Å². The zero-order valence-electron chi connectivity index (χ0n) is 19.1. The van der Waals surface area contributed by atoms with Gasteiger partial charge in [0.2, 0.25) is 0 Å². The number of aromatic carboxylic acids is 1. The van der Waals surface area contributed by atoms with Crippen molar-refractivity contribution in [1.29, 1.82) is 0 Å². The number of anilines is 1. The lowest BCUT2D eigenvalue weighted by Crippen LogP contribution is -2.15. The topological polar surface area (TPSA) is 79.3 Å². The first kappa shape index (κ1) is 22.2. The molecule has 5 heteroatoms. The van der Waals surface area contributed by atoms with Gasteiger partial charge < -0.3 is 10.4 Å². The molecule has 3 aromatic carbocycles. The number of carboxylic acid groups (broad SMARTS) is 1. The molecule has 0 aliphatic carbocycles. The number of hydrogen-bond donors (Lipinski definition) is 2. The Labute approximate surface area is 193 Å². The summed E-state index contributed by atoms with van der Waals surface area (Å²) in [5.41, 5.74) is 5.55. The normalized spacial score (nSPS) is 11.4. The molecule has 33 heavy (non-hydrogen) atoms. The highest BCUT2D eigenvalue weighted by Crippen LogP contribution is 2.31. The van der Waals surface area contributed by atoms with Crippen molar-refractivity contribution >= 4 is 28.6 Å². The maximum atomic E-state index is 13.2. The zero-order valence-corrected chi connectivity index (χ0v) is 19.1. The molecule has 0 atom stereocenters. The predicted octanol–water partition coefficient (Wildman–Crippen LogP) is 6.46. The molecule has 0 bridgehead atoms. The third-order valence-electron chi connectivity index (χ3n) is 5.73. The van der Waals surface area contributed by atoms with Crippen molar-refractivity contribution in [2.45, 2.75) is 33.1 Å². The molecule has 4 rings (SSSR count). The minimum Gasteiger partial charge on any atom is -0.478 e. The zero-order chi connectivity index (χ0) is 23.8. The van der Waals surface area contributed by atoms with Gasteiger partial charge in [-0.1, -0.05) is 57.2 Å². The number of hydrogen-bond acceptors (Lipinski definition) is 3. The highest BCUT2D eigenvalue weighted by atomic mass is 16.4. The SMILES string of the molecule is Cc1cccc(C(=O)Nc2ccc3cc(C(=O)O)ccc3n2)c1-c1ccc(C(C)(C)C)cc1. The number of nitrogens with zero attached hydrogens (tertiary/aromatic N) is 1. The van der Waals surface area contributed by atoms with Crippen LogP contribution in [0.3, 0.4) is 0 Å². The van der Waals surface area contributed by atoms with Crippen LogP contribution in [0.1, 0.15) is 52.6 Å². The van der Waals surface area contributed by atoms with Gasteiger partial charge in [0.1, 0.15) is 5.82 Å². The first-order valence-corrected chi connectivity index (χ1v) is 10.8. The Morgan fingerprint density at radius 2 is 1.64 bits per heavy atom. The first-order valence-electron chi connectivity index (χ1n) is 10.8. The molecule has 0 unspecified atom stereocenters. The molecule has 5 nitrogen and oxygen atoms in total. The number of carbonyl (C=O) groups excluding carboxylic acids is 1. The number of aromatic nitrogens is 1. The molecule has 1 amide bonds. The van der Waals surface area contributed by atoms with E-state index in [0.717, 1.165) is 16.7 Å². The van der Waals surface area contributed by atoms with E-state index >= 15 is 0 Å². The summed E-state index contributed by atoms with van der Waals surface area (Å²) in [5, 5.41) is 12.8. The highest BCUT2D eigenvalue weighted by molar-refractivity contribution is 6.09. The fraction of sp³-hybridized carbons (Fsp3) is 0.179. The van der Waals surface area contributed by atoms with Crippen molar-refractivity contribution in [3.05, 3.63) is 95.1 Å². The number of carboxylic acids is 1. The van der Waals surface area contributed by atoms with Gasteiger partial charge in [0.25, 0.3) is 5.91 Å². The van der Waals surface area contributed by atoms with Gasteiger partial charge in [-0.2, -0.15) is 0 Å². The second-order valence-electron chi connectivity index (χ2n) is 9.19. The summed E-state index contributed by atoms with van der Waals surface area (Å²) in [4.78, 5) is 28.9. The number of rotatable bonds is 4. The molecule has 4 aromatic rings. The largest absolute Gasteiger partial charge is 0.478 e. The summed E-state index contributed by atoms with van der Waals surface area (Å²) in [6.07, 6.45) is 0. The van der Waals surface area contributed by atoms with Crippen molar-refractivity contribution in [3.63, 3.8) is 0 Å². The second-order valence-corrected chi connectivity index (χ2v) is 9.19. The highest BCUT2D eigenvalue weighted by Gasteiger charge is 2.18. The van der Waals surface area contributed by atoms with Gasteiger partial charge in [0, 0.05) is 10.9 Å². The first-order chi connectivity index (χ1) is 15.6. The van der Waals surface area contributed by atoms with Crippen molar-refractivity contribution in [1.82, 2.24) is 4.98 Å². The molecule has 166 valence electrons. The molecule has 1 heterocycles. The van der Waals surface area contributed by atoms with E-state index in [-0.39, 0.29) is 16.9 Å². The summed E-state index contributed by atoms with van der Waals surface area (Å²) < 4.78 is 0. The van der Waals surface area contributed by atoms with Crippen LogP contribution in [0.2, 0.25) is 0 Å². The Kier molecular flexibility index (Phi) is 5.73. The van der Waals surface area contributed by atoms with E-state index in [0.29, 0.717) is 22.3 Å². The van der Waals surface area contributed by atoms with Crippen LogP contribution in [-0.2, 0) is 5.41 Å². The van der Waals surface area contributed by atoms with E-state index in [1.165, 1.54) is 11.6 Å². The molecular formula is C28H26N2O3. The maximum Gasteiger partial charge on any atom is 0.335 e. The van der Waals surface area contributed by atoms with Crippen LogP contribution in [0.5, 0.6) is 0 Å². The van der Waals surface area contributed by atoms with Crippen molar-refractivity contribution < 1.29 is 14.7 Å². The quantitative estimate of drug-likeness (QED) is 0.383. The average molecular weight is 439 g/mol. The van der Waals surface area contributed by atoms with Gasteiger partial charge >= 0.3 is 5.97 Å². The lowest BCUT2D eigenvalue weighted by molar-refractivity contribution is 0.0697. The summed E-state index contributed by atoms with van der Waals surface area (Å²) >= 11 is 0. The van der Waals surface area contributed by atoms with Crippen LogP contribution in [0.25, 0.3) is 22.0 Å². The van der Waals surface area contributed by atoms with Crippen LogP contribution in [0, 0.1) is 6.92 Å². The van der Waals surface area contributed by atoms with Crippen molar-refractivity contribution in [3.8, 4) is 11.1 Å². The number of carbonyl (C=O) groups is 2. The number of benzene rings is 3. The summed E-state index contributed by atoms with van der Waals surface area (Å²) in [6, 6.07) is 22.2. The monoisotopic (exact) mass is 438 g/mol. The van der Waals surface area contributed by atoms with E-state index < -0.39 is 5.97 Å². The van der Waals surface area contributed by atoms with Gasteiger partial charge in [0.05, 0.1) is 11.1 Å². The summed E-state index contributed by atoms with van der Waals surface area (Å²) in [7, 11) is 0. The third-order valence-corrected chi connectivity index (χ3v) is 5.73. The Morgan fingerprint density at radius 3 is 2.30 bits per heavy atom. The van der Waals surface area contributed by atoms with Gasteiger partial charge in [0.15, 0.2) is 0 Å². The summed E-state index contributed by atoms with van der Waals surface area (Å²) in [6.45, 7) is 8.52. The number of fused-ring (bicyclic) bond motifs is 1. The average Bonchev–Trinajstić information content (AvgIpc) is 2.78. The lowest BCUT2D eigenvalue weighted by atomic mass is 9.85. The molecule has 0 spiro atoms. The molecule has 0 aliphatic heterocycles. The van der Waals surface area contributed by atoms with Gasteiger partial charge in [-0.3, -0.25) is 4.79 Å². The minimum absolute atomic E-state index is 0.0530. The Balaban J connectivity index is 1.66. The van der Waals surface area contributed by atoms with Crippen LogP contribution in [0.4, 0.5) is 5.82 Å². The molecule has 0 saturated carbocycles. The molecular weight excluding hydrogens is 412 g/mol. The molecule has 0 radical (unpaired) electrons. The van der Waals surface area contributed by atoms with Gasteiger partial charge in [-0.25, -0.2) is 9.78 Å². The molecule has 0 fully saturated rings. The van der Waals surface area contributed by atoms with E-state index in [4.69, 9.17) is 5.11 Å². The number of aryl methyl sites for hydroxylation is 1. The number of amides is 1. The van der Waals surface area contributed by atoms with E-state index in [1.54, 1.807) is 24.3 Å². The van der Waals surface area contributed by atoms with Crippen LogP contribution >= 0.6 is 0 Å². The third kappa shape index (κ3) is 4.62. The molecule has 1 aromatic heterocycles. The molecule has 2 N–H and O–H groups in total. The summed E-state index contributed by atoms with van der Waals surface area (Å²) in [5.74, 6) is -0.828. The van der Waals surface area contributed by atoms with E-state index in [2.05, 4.69) is 55.3 Å². The van der Waals surface area contributed by atoms with Crippen molar-refractivity contribution in [2.24, 2.45) is 0 Å². The van der Waals surface area contributed by atoms with E-state index in [9.17, 15) is 9.59 Å². The minimum atomic E-state index is -0.989. The fourth-order valence-corrected chi connectivity index (χ4v) is 3.89. The van der Waals surface area contributed by atoms with Crippen LogP contribution < -0.4 is 5.32 Å². The molecule has 0 aliphatic rings. The smallest absolute Gasteiger partial charge is 0.335 e. The van der Waals surface area contributed by atoms with Gasteiger partial charge in [-0.15, -0.1) is 0 Å². The number of nitrogens with one attached hydrogen (secondary N) is 1. The standard InChI is InChI=1S/C28H26N2O3/c1-17-6-5-7-22(25(17)18-8-12-21(13-9-18)28(2,3)4)26(31)30-24-15-11-19-16-20(27(32)33)10-14-23(19)29-24/h5-16H,1-4H3,(H,32,33)(H,29,30,31). The van der Waals surface area contributed by atoms with E-state index in [1.807, 2.05) is 25.1 Å². The molecule has 0 saturated heterocycles. The Hall–Kier alpha value is -3.99. The van der Waals surface area contributed by atoms with Crippen LogP contribution in [0.15, 0.2) is 72.8 Å². The predicted molar refractivity (Wildman–Crippen MR) is 132 cm³/mol. The second kappa shape index (κ2) is 8.51. The van der Waals surface area contributed by atoms with Crippen molar-refractivity contribution in [2.75, 3.05) is 5.32 Å².